The maximum atomic E-state index is 12.7. The quantitative estimate of drug-likeness (QED) is 0.424. The van der Waals surface area contributed by atoms with Crippen LogP contribution < -0.4 is 14.8 Å². The van der Waals surface area contributed by atoms with Crippen molar-refractivity contribution in [3.05, 3.63) is 64.4 Å². The molecule has 0 bridgehead atoms. The molecular weight excluding hydrogens is 444 g/mol. The van der Waals surface area contributed by atoms with E-state index < -0.39 is 0 Å². The Labute approximate surface area is 195 Å². The van der Waals surface area contributed by atoms with Gasteiger partial charge in [0.1, 0.15) is 11.5 Å². The summed E-state index contributed by atoms with van der Waals surface area (Å²) in [6.07, 6.45) is 0.140. The fraction of sp³-hybridized carbons (Fsp3) is 0.217. The summed E-state index contributed by atoms with van der Waals surface area (Å²) in [4.78, 5) is 17.1. The minimum Gasteiger partial charge on any atom is -0.497 e. The van der Waals surface area contributed by atoms with Crippen LogP contribution in [0, 0.1) is 13.8 Å². The van der Waals surface area contributed by atoms with Crippen LogP contribution in [-0.4, -0.2) is 45.1 Å². The van der Waals surface area contributed by atoms with Crippen molar-refractivity contribution < 1.29 is 14.3 Å². The summed E-state index contributed by atoms with van der Waals surface area (Å²) in [6, 6.07) is 12.7. The summed E-state index contributed by atoms with van der Waals surface area (Å²) in [7, 11) is 3.14. The normalized spacial score (nSPS) is 10.8. The predicted octanol–water partition coefficient (Wildman–Crippen LogP) is 4.13. The first-order valence-electron chi connectivity index (χ1n) is 10.1. The number of nitrogens with one attached hydrogen (secondary N) is 2. The molecule has 9 nitrogen and oxygen atoms in total. The van der Waals surface area contributed by atoms with Crippen molar-refractivity contribution in [2.24, 2.45) is 0 Å². The van der Waals surface area contributed by atoms with Gasteiger partial charge >= 0.3 is 0 Å². The zero-order chi connectivity index (χ0) is 23.5. The van der Waals surface area contributed by atoms with Gasteiger partial charge in [-0.25, -0.2) is 4.68 Å². The number of hydrogen-bond donors (Lipinski definition) is 2. The molecule has 33 heavy (non-hydrogen) atoms. The van der Waals surface area contributed by atoms with Crippen molar-refractivity contribution in [2.45, 2.75) is 20.3 Å². The zero-order valence-electron chi connectivity index (χ0n) is 18.6. The molecule has 0 fully saturated rings. The van der Waals surface area contributed by atoms with Crippen molar-refractivity contribution in [3.8, 4) is 28.6 Å². The van der Waals surface area contributed by atoms with E-state index in [2.05, 4.69) is 25.6 Å². The molecule has 10 heteroatoms. The second-order valence-electron chi connectivity index (χ2n) is 7.34. The number of amides is 1. The van der Waals surface area contributed by atoms with Crippen LogP contribution in [0.2, 0.25) is 5.02 Å². The molecule has 0 spiro atoms. The first-order chi connectivity index (χ1) is 15.9. The van der Waals surface area contributed by atoms with Crippen molar-refractivity contribution in [3.63, 3.8) is 0 Å². The number of aryl methyl sites for hydroxylation is 1. The number of aromatic nitrogens is 5. The highest BCUT2D eigenvalue weighted by Crippen LogP contribution is 2.31. The van der Waals surface area contributed by atoms with E-state index in [9.17, 15) is 4.79 Å². The molecule has 0 unspecified atom stereocenters. The number of anilines is 1. The summed E-state index contributed by atoms with van der Waals surface area (Å²) in [5, 5.41) is 14.9. The van der Waals surface area contributed by atoms with E-state index in [0.717, 1.165) is 22.6 Å². The summed E-state index contributed by atoms with van der Waals surface area (Å²) in [6.45, 7) is 3.81. The van der Waals surface area contributed by atoms with Gasteiger partial charge in [0.05, 0.1) is 37.6 Å². The van der Waals surface area contributed by atoms with Crippen LogP contribution in [0.1, 0.15) is 17.0 Å². The van der Waals surface area contributed by atoms with E-state index in [-0.39, 0.29) is 18.3 Å². The number of carbonyl (C=O) groups excluding carboxylic acids is 1. The molecule has 2 aromatic carbocycles. The molecule has 0 saturated carbocycles. The number of hydrogen-bond acceptors (Lipinski definition) is 6. The van der Waals surface area contributed by atoms with Gasteiger partial charge in [-0.2, -0.15) is 10.1 Å². The number of ether oxygens (including phenoxy) is 2. The minimum absolute atomic E-state index is 0.140. The molecule has 2 N–H and O–H groups in total. The summed E-state index contributed by atoms with van der Waals surface area (Å²) in [5.74, 6) is 1.63. The largest absolute Gasteiger partial charge is 0.497 e. The third kappa shape index (κ3) is 4.68. The lowest BCUT2D eigenvalue weighted by Crippen LogP contribution is -2.16. The van der Waals surface area contributed by atoms with Gasteiger partial charge in [0.25, 0.3) is 0 Å². The molecule has 2 aromatic heterocycles. The monoisotopic (exact) mass is 466 g/mol. The van der Waals surface area contributed by atoms with Gasteiger partial charge in [-0.3, -0.25) is 15.2 Å². The lowest BCUT2D eigenvalue weighted by atomic mass is 10.1. The molecule has 0 radical (unpaired) electrons. The van der Waals surface area contributed by atoms with Gasteiger partial charge in [-0.15, -0.1) is 5.10 Å². The summed E-state index contributed by atoms with van der Waals surface area (Å²) < 4.78 is 12.4. The maximum Gasteiger partial charge on any atom is 0.249 e. The molecule has 0 aliphatic heterocycles. The molecule has 4 rings (SSSR count). The molecule has 2 heterocycles. The summed E-state index contributed by atoms with van der Waals surface area (Å²) >= 11 is 5.98. The van der Waals surface area contributed by atoms with Gasteiger partial charge in [-0.1, -0.05) is 11.6 Å². The Morgan fingerprint density at radius 3 is 2.58 bits per heavy atom. The third-order valence-electron chi connectivity index (χ3n) is 5.25. The smallest absolute Gasteiger partial charge is 0.249 e. The maximum absolute atomic E-state index is 12.7. The van der Waals surface area contributed by atoms with Gasteiger partial charge < -0.3 is 9.47 Å². The number of halogens is 1. The fourth-order valence-electron chi connectivity index (χ4n) is 3.53. The molecule has 170 valence electrons. The van der Waals surface area contributed by atoms with Crippen molar-refractivity contribution in [1.29, 1.82) is 0 Å². The van der Waals surface area contributed by atoms with E-state index in [1.54, 1.807) is 43.2 Å². The molecular formula is C23H23ClN6O3. The van der Waals surface area contributed by atoms with Crippen LogP contribution in [0.5, 0.6) is 11.5 Å². The number of aromatic amines is 1. The second-order valence-corrected chi connectivity index (χ2v) is 7.77. The summed E-state index contributed by atoms with van der Waals surface area (Å²) in [5.41, 5.74) is 4.07. The predicted molar refractivity (Wildman–Crippen MR) is 125 cm³/mol. The minimum atomic E-state index is -0.246. The number of H-pyrrole nitrogens is 1. The molecule has 4 aromatic rings. The van der Waals surface area contributed by atoms with E-state index in [1.165, 1.54) is 0 Å². The SMILES string of the molecule is COc1ccc(-c2nc(NC(=O)Cc3c(C)nn(-c4ccc(Cl)cc4)c3C)n[nH]2)c(OC)c1. The first kappa shape index (κ1) is 22.3. The highest BCUT2D eigenvalue weighted by atomic mass is 35.5. The van der Waals surface area contributed by atoms with Crippen LogP contribution in [0.3, 0.4) is 0 Å². The highest BCUT2D eigenvalue weighted by Gasteiger charge is 2.18. The Bertz CT molecular complexity index is 1300. The van der Waals surface area contributed by atoms with Gasteiger partial charge in [-0.05, 0) is 50.2 Å². The number of nitrogens with zero attached hydrogens (tertiary/aromatic N) is 4. The second kappa shape index (κ2) is 9.33. The molecule has 0 aliphatic carbocycles. The number of methoxy groups -OCH3 is 2. The first-order valence-corrected chi connectivity index (χ1v) is 10.5. The zero-order valence-corrected chi connectivity index (χ0v) is 19.4. The van der Waals surface area contributed by atoms with Crippen LogP contribution >= 0.6 is 11.6 Å². The standard InChI is InChI=1S/C23H23ClN6O3/c1-13-19(14(2)30(29-13)16-7-5-15(24)6-8-16)12-21(31)25-23-26-22(27-28-23)18-10-9-17(32-3)11-20(18)33-4/h5-11H,12H2,1-4H3,(H2,25,26,27,28,31). The Hall–Kier alpha value is -3.85. The van der Waals surface area contributed by atoms with Crippen molar-refractivity contribution in [2.75, 3.05) is 19.5 Å². The topological polar surface area (TPSA) is 107 Å². The van der Waals surface area contributed by atoms with Gasteiger partial charge in [0.2, 0.25) is 11.9 Å². The number of benzene rings is 2. The highest BCUT2D eigenvalue weighted by molar-refractivity contribution is 6.30. The van der Waals surface area contributed by atoms with Crippen LogP contribution in [0.25, 0.3) is 17.1 Å². The average molecular weight is 467 g/mol. The van der Waals surface area contributed by atoms with E-state index >= 15 is 0 Å². The lowest BCUT2D eigenvalue weighted by Gasteiger charge is -2.07. The molecule has 0 saturated heterocycles. The fourth-order valence-corrected chi connectivity index (χ4v) is 3.65. The van der Waals surface area contributed by atoms with Gasteiger partial charge in [0, 0.05) is 22.3 Å². The Kier molecular flexibility index (Phi) is 6.32. The van der Waals surface area contributed by atoms with Crippen molar-refractivity contribution >= 4 is 23.5 Å². The van der Waals surface area contributed by atoms with Gasteiger partial charge in [0.15, 0.2) is 5.82 Å². The average Bonchev–Trinajstić information content (AvgIpc) is 3.38. The van der Waals surface area contributed by atoms with E-state index in [0.29, 0.717) is 27.9 Å². The third-order valence-corrected chi connectivity index (χ3v) is 5.50. The van der Waals surface area contributed by atoms with Crippen LogP contribution in [0.4, 0.5) is 5.95 Å². The molecule has 0 aliphatic rings. The Balaban J connectivity index is 1.50. The Morgan fingerprint density at radius 1 is 1.12 bits per heavy atom. The number of carbonyl (C=O) groups is 1. The van der Waals surface area contributed by atoms with Crippen LogP contribution in [0.15, 0.2) is 42.5 Å². The van der Waals surface area contributed by atoms with E-state index in [4.69, 9.17) is 21.1 Å². The Morgan fingerprint density at radius 2 is 1.88 bits per heavy atom. The molecule has 1 amide bonds. The van der Waals surface area contributed by atoms with E-state index in [1.807, 2.05) is 32.0 Å². The number of rotatable bonds is 7. The lowest BCUT2D eigenvalue weighted by molar-refractivity contribution is -0.115. The molecule has 0 atom stereocenters. The van der Waals surface area contributed by atoms with Crippen molar-refractivity contribution in [1.82, 2.24) is 25.0 Å². The van der Waals surface area contributed by atoms with Crippen LogP contribution in [-0.2, 0) is 11.2 Å².